The normalized spacial score (nSPS) is 11.7. The van der Waals surface area contributed by atoms with Gasteiger partial charge >= 0.3 is 0 Å². The number of benzene rings is 10. The lowest BCUT2D eigenvalue weighted by Crippen LogP contribution is -2.12. The van der Waals surface area contributed by atoms with E-state index in [2.05, 4.69) is 193 Å². The number of fused-ring (bicyclic) bond motifs is 9. The lowest BCUT2D eigenvalue weighted by atomic mass is 9.88. The number of nitrogens with zero attached hydrogens (tertiary/aromatic N) is 1. The predicted molar refractivity (Wildman–Crippen MR) is 247 cm³/mol. The first-order chi connectivity index (χ1) is 29.3. The monoisotopic (exact) mass is 753 g/mol. The van der Waals surface area contributed by atoms with Crippen LogP contribution in [-0.2, 0) is 0 Å². The summed E-state index contributed by atoms with van der Waals surface area (Å²) in [5.74, 6) is 0. The zero-order chi connectivity index (χ0) is 38.9. The molecule has 0 aliphatic heterocycles. The topological polar surface area (TPSA) is 29.5 Å². The molecule has 2 heterocycles. The minimum absolute atomic E-state index is 0.861. The Bertz CT molecular complexity index is 3580. The summed E-state index contributed by atoms with van der Waals surface area (Å²) in [4.78, 5) is 2.46. The highest BCUT2D eigenvalue weighted by Crippen LogP contribution is 2.51. The van der Waals surface area contributed by atoms with Crippen LogP contribution in [0.15, 0.2) is 221 Å². The summed E-state index contributed by atoms with van der Waals surface area (Å²) >= 11 is 0. The summed E-state index contributed by atoms with van der Waals surface area (Å²) < 4.78 is 13.0. The molecule has 0 radical (unpaired) electrons. The Labute approximate surface area is 340 Å². The molecule has 0 spiro atoms. The van der Waals surface area contributed by atoms with Gasteiger partial charge in [0.15, 0.2) is 0 Å². The van der Waals surface area contributed by atoms with Crippen LogP contribution in [0.5, 0.6) is 0 Å². The Morgan fingerprint density at radius 3 is 1.64 bits per heavy atom. The van der Waals surface area contributed by atoms with E-state index < -0.39 is 0 Å². The minimum atomic E-state index is 0.861. The first-order valence-electron chi connectivity index (χ1n) is 20.1. The maximum absolute atomic E-state index is 6.59. The van der Waals surface area contributed by atoms with Crippen LogP contribution in [0.2, 0.25) is 0 Å². The maximum Gasteiger partial charge on any atom is 0.143 e. The third-order valence-corrected chi connectivity index (χ3v) is 11.8. The molecule has 3 heteroatoms. The van der Waals surface area contributed by atoms with Gasteiger partial charge < -0.3 is 13.7 Å². The molecule has 0 bridgehead atoms. The summed E-state index contributed by atoms with van der Waals surface area (Å²) in [6.07, 6.45) is 0. The van der Waals surface area contributed by atoms with E-state index in [1.54, 1.807) is 0 Å². The third kappa shape index (κ3) is 5.36. The van der Waals surface area contributed by atoms with Crippen LogP contribution >= 0.6 is 0 Å². The molecule has 10 aromatic carbocycles. The van der Waals surface area contributed by atoms with Crippen molar-refractivity contribution in [1.29, 1.82) is 0 Å². The lowest BCUT2D eigenvalue weighted by molar-refractivity contribution is 0.669. The summed E-state index contributed by atoms with van der Waals surface area (Å²) in [7, 11) is 0. The van der Waals surface area contributed by atoms with E-state index in [0.717, 1.165) is 83.0 Å². The van der Waals surface area contributed by atoms with Gasteiger partial charge in [-0.1, -0.05) is 164 Å². The molecule has 276 valence electrons. The van der Waals surface area contributed by atoms with Crippen LogP contribution < -0.4 is 4.90 Å². The standard InChI is InChI=1S/C56H35NO2/c1-2-15-36(16-3-1)37-17-12-19-39(33-37)54-47-25-6-4-21-43(47)44-22-5-7-26-48(44)55(54)57(41-31-32-53-50(35-41)46-24-9-10-29-51(46)58-53)40-20-13-18-38(34-40)42-27-14-28-49-45-23-8-11-30-52(45)59-56(42)49/h1-35H. The molecule has 0 saturated carbocycles. The fourth-order valence-electron chi connectivity index (χ4n) is 9.18. The Kier molecular flexibility index (Phi) is 7.54. The molecular formula is C56H35NO2. The zero-order valence-corrected chi connectivity index (χ0v) is 32.0. The summed E-state index contributed by atoms with van der Waals surface area (Å²) in [5.41, 5.74) is 13.5. The summed E-state index contributed by atoms with van der Waals surface area (Å²) in [6.45, 7) is 0. The Morgan fingerprint density at radius 1 is 0.288 bits per heavy atom. The Balaban J connectivity index is 1.18. The van der Waals surface area contributed by atoms with Crippen LogP contribution in [0, 0.1) is 0 Å². The van der Waals surface area contributed by atoms with Gasteiger partial charge in [-0.25, -0.2) is 0 Å². The van der Waals surface area contributed by atoms with Crippen molar-refractivity contribution in [2.75, 3.05) is 4.90 Å². The van der Waals surface area contributed by atoms with Gasteiger partial charge in [0.1, 0.15) is 22.3 Å². The van der Waals surface area contributed by atoms with Crippen LogP contribution in [0.1, 0.15) is 0 Å². The second-order valence-electron chi connectivity index (χ2n) is 15.2. The molecule has 0 unspecified atom stereocenters. The van der Waals surface area contributed by atoms with E-state index in [9.17, 15) is 0 Å². The lowest BCUT2D eigenvalue weighted by Gasteiger charge is -2.31. The van der Waals surface area contributed by atoms with Crippen LogP contribution in [0.25, 0.3) is 98.8 Å². The van der Waals surface area contributed by atoms with Gasteiger partial charge in [0.2, 0.25) is 0 Å². The van der Waals surface area contributed by atoms with Crippen molar-refractivity contribution >= 4 is 82.5 Å². The van der Waals surface area contributed by atoms with Gasteiger partial charge in [-0.2, -0.15) is 0 Å². The highest BCUT2D eigenvalue weighted by molar-refractivity contribution is 6.23. The molecule has 2 aromatic heterocycles. The molecule has 0 amide bonds. The van der Waals surface area contributed by atoms with Crippen LogP contribution in [0.3, 0.4) is 0 Å². The van der Waals surface area contributed by atoms with E-state index in [-0.39, 0.29) is 0 Å². The maximum atomic E-state index is 6.59. The van der Waals surface area contributed by atoms with Crippen molar-refractivity contribution in [2.45, 2.75) is 0 Å². The Hall–Kier alpha value is -7.88. The van der Waals surface area contributed by atoms with Gasteiger partial charge in [-0.15, -0.1) is 0 Å². The number of para-hydroxylation sites is 3. The van der Waals surface area contributed by atoms with Crippen LogP contribution in [-0.4, -0.2) is 0 Å². The summed E-state index contributed by atoms with van der Waals surface area (Å²) in [6, 6.07) is 75.9. The van der Waals surface area contributed by atoms with Gasteiger partial charge in [-0.05, 0) is 86.9 Å². The smallest absolute Gasteiger partial charge is 0.143 e. The van der Waals surface area contributed by atoms with E-state index in [1.807, 2.05) is 24.3 Å². The van der Waals surface area contributed by atoms with Crippen molar-refractivity contribution < 1.29 is 8.83 Å². The highest BCUT2D eigenvalue weighted by Gasteiger charge is 2.25. The predicted octanol–water partition coefficient (Wildman–Crippen LogP) is 16.3. The quantitative estimate of drug-likeness (QED) is 0.158. The largest absolute Gasteiger partial charge is 0.456 e. The van der Waals surface area contributed by atoms with Gasteiger partial charge in [-0.3, -0.25) is 0 Å². The molecule has 12 aromatic rings. The third-order valence-electron chi connectivity index (χ3n) is 11.8. The molecule has 0 aliphatic carbocycles. The minimum Gasteiger partial charge on any atom is -0.456 e. The average molecular weight is 754 g/mol. The fourth-order valence-corrected chi connectivity index (χ4v) is 9.18. The van der Waals surface area contributed by atoms with Gasteiger partial charge in [0, 0.05) is 49.4 Å². The molecule has 3 nitrogen and oxygen atoms in total. The summed E-state index contributed by atoms with van der Waals surface area (Å²) in [5, 5.41) is 9.16. The molecule has 59 heavy (non-hydrogen) atoms. The van der Waals surface area contributed by atoms with Crippen molar-refractivity contribution in [3.8, 4) is 33.4 Å². The first-order valence-corrected chi connectivity index (χ1v) is 20.1. The Morgan fingerprint density at radius 2 is 0.831 bits per heavy atom. The SMILES string of the molecule is c1ccc(-c2cccc(-c3c(N(c4cccc(-c5cccc6c5oc5ccccc56)c4)c4ccc5oc6ccccc6c5c4)c4ccccc4c4ccccc34)c2)cc1. The molecule has 0 fully saturated rings. The van der Waals surface area contributed by atoms with E-state index in [4.69, 9.17) is 8.83 Å². The average Bonchev–Trinajstić information content (AvgIpc) is 3.88. The zero-order valence-electron chi connectivity index (χ0n) is 32.0. The van der Waals surface area contributed by atoms with Crippen LogP contribution in [0.4, 0.5) is 17.1 Å². The molecule has 0 aliphatic rings. The molecule has 12 rings (SSSR count). The van der Waals surface area contributed by atoms with Crippen molar-refractivity contribution in [1.82, 2.24) is 0 Å². The molecule has 0 saturated heterocycles. The highest BCUT2D eigenvalue weighted by atomic mass is 16.3. The van der Waals surface area contributed by atoms with Crippen molar-refractivity contribution in [3.63, 3.8) is 0 Å². The van der Waals surface area contributed by atoms with Gasteiger partial charge in [0.25, 0.3) is 0 Å². The van der Waals surface area contributed by atoms with E-state index >= 15 is 0 Å². The number of anilines is 3. The fraction of sp³-hybridized carbons (Fsp3) is 0. The number of furan rings is 2. The van der Waals surface area contributed by atoms with Crippen molar-refractivity contribution in [2.24, 2.45) is 0 Å². The molecular weight excluding hydrogens is 719 g/mol. The number of rotatable bonds is 6. The number of hydrogen-bond donors (Lipinski definition) is 0. The van der Waals surface area contributed by atoms with E-state index in [1.165, 1.54) is 32.8 Å². The second kappa shape index (κ2) is 13.4. The first kappa shape index (κ1) is 33.3. The van der Waals surface area contributed by atoms with E-state index in [0.29, 0.717) is 0 Å². The second-order valence-corrected chi connectivity index (χ2v) is 15.2. The van der Waals surface area contributed by atoms with Gasteiger partial charge in [0.05, 0.1) is 5.69 Å². The number of hydrogen-bond acceptors (Lipinski definition) is 3. The molecule has 0 N–H and O–H groups in total. The van der Waals surface area contributed by atoms with Crippen molar-refractivity contribution in [3.05, 3.63) is 212 Å². The molecule has 0 atom stereocenters.